The summed E-state index contributed by atoms with van der Waals surface area (Å²) in [6, 6.07) is 7.42. The third-order valence-corrected chi connectivity index (χ3v) is 3.77. The van der Waals surface area contributed by atoms with Crippen molar-refractivity contribution in [3.63, 3.8) is 0 Å². The predicted octanol–water partition coefficient (Wildman–Crippen LogP) is 0.947. The molecule has 5 nitrogen and oxygen atoms in total. The summed E-state index contributed by atoms with van der Waals surface area (Å²) in [6.07, 6.45) is 0. The molecule has 0 saturated heterocycles. The fourth-order valence-electron chi connectivity index (χ4n) is 2.27. The summed E-state index contributed by atoms with van der Waals surface area (Å²) >= 11 is 5.87. The summed E-state index contributed by atoms with van der Waals surface area (Å²) < 4.78 is 0. The maximum absolute atomic E-state index is 12.2. The number of benzene rings is 1. The standard InChI is InChI=1S/C17H26ClN3O2/c1-5-21(10-16(22)19-12(2)3)11-17(23)20-13(4)14-6-8-15(18)9-7-14/h6-9,12-13H,5,10-11H2,1-4H3,(H,19,22)(H,20,23)/p+1/t13-/m0/s1. The molecule has 0 saturated carbocycles. The molecule has 3 N–H and O–H groups in total. The molecule has 1 rings (SSSR count). The number of likely N-dealkylation sites (N-methyl/N-ethyl adjacent to an activating group) is 1. The van der Waals surface area contributed by atoms with Crippen LogP contribution in [0.5, 0.6) is 0 Å². The minimum atomic E-state index is -0.0950. The molecule has 128 valence electrons. The van der Waals surface area contributed by atoms with E-state index in [1.165, 1.54) is 0 Å². The maximum Gasteiger partial charge on any atom is 0.275 e. The van der Waals surface area contributed by atoms with E-state index < -0.39 is 0 Å². The van der Waals surface area contributed by atoms with Crippen LogP contribution in [0.15, 0.2) is 24.3 Å². The second kappa shape index (κ2) is 9.53. The predicted molar refractivity (Wildman–Crippen MR) is 92.5 cm³/mol. The van der Waals surface area contributed by atoms with Gasteiger partial charge in [0.1, 0.15) is 0 Å². The summed E-state index contributed by atoms with van der Waals surface area (Å²) in [5, 5.41) is 6.48. The highest BCUT2D eigenvalue weighted by molar-refractivity contribution is 6.30. The number of quaternary nitrogens is 1. The van der Waals surface area contributed by atoms with E-state index in [-0.39, 0.29) is 30.4 Å². The Morgan fingerprint density at radius 1 is 1.04 bits per heavy atom. The summed E-state index contributed by atoms with van der Waals surface area (Å²) in [7, 11) is 0. The van der Waals surface area contributed by atoms with Crippen molar-refractivity contribution in [3.05, 3.63) is 34.9 Å². The maximum atomic E-state index is 12.2. The van der Waals surface area contributed by atoms with E-state index >= 15 is 0 Å². The van der Waals surface area contributed by atoms with Gasteiger partial charge in [-0.1, -0.05) is 23.7 Å². The lowest BCUT2D eigenvalue weighted by molar-refractivity contribution is -0.881. The first-order chi connectivity index (χ1) is 10.8. The Bertz CT molecular complexity index is 517. The summed E-state index contributed by atoms with van der Waals surface area (Å²) in [4.78, 5) is 24.9. The van der Waals surface area contributed by atoms with Crippen LogP contribution in [-0.4, -0.2) is 37.5 Å². The Kier molecular flexibility index (Phi) is 8.06. The van der Waals surface area contributed by atoms with Crippen molar-refractivity contribution in [1.29, 1.82) is 0 Å². The highest BCUT2D eigenvalue weighted by atomic mass is 35.5. The molecule has 0 fully saturated rings. The molecule has 1 aromatic carbocycles. The zero-order valence-corrected chi connectivity index (χ0v) is 15.0. The third kappa shape index (κ3) is 7.48. The van der Waals surface area contributed by atoms with Gasteiger partial charge in [0.25, 0.3) is 11.8 Å². The molecule has 0 spiro atoms. The van der Waals surface area contributed by atoms with E-state index in [0.29, 0.717) is 18.1 Å². The number of carbonyl (C=O) groups excluding carboxylic acids is 2. The molecular formula is C17H27ClN3O2+. The highest BCUT2D eigenvalue weighted by Crippen LogP contribution is 2.15. The first-order valence-corrected chi connectivity index (χ1v) is 8.37. The second-order valence-corrected chi connectivity index (χ2v) is 6.46. The number of nitrogens with one attached hydrogen (secondary N) is 3. The quantitative estimate of drug-likeness (QED) is 0.659. The number of amides is 2. The van der Waals surface area contributed by atoms with Gasteiger partial charge in [0.2, 0.25) is 0 Å². The summed E-state index contributed by atoms with van der Waals surface area (Å²) in [5.41, 5.74) is 0.998. The smallest absolute Gasteiger partial charge is 0.275 e. The number of halogens is 1. The lowest BCUT2D eigenvalue weighted by Gasteiger charge is -2.20. The van der Waals surface area contributed by atoms with Crippen molar-refractivity contribution >= 4 is 23.4 Å². The first kappa shape index (κ1) is 19.5. The van der Waals surface area contributed by atoms with Crippen LogP contribution < -0.4 is 15.5 Å². The molecule has 1 aromatic rings. The largest absolute Gasteiger partial charge is 0.349 e. The molecule has 23 heavy (non-hydrogen) atoms. The Morgan fingerprint density at radius 3 is 2.04 bits per heavy atom. The van der Waals surface area contributed by atoms with Crippen molar-refractivity contribution < 1.29 is 14.5 Å². The Hall–Kier alpha value is -1.59. The average molecular weight is 341 g/mol. The second-order valence-electron chi connectivity index (χ2n) is 6.02. The van der Waals surface area contributed by atoms with Gasteiger partial charge >= 0.3 is 0 Å². The number of hydrogen-bond donors (Lipinski definition) is 3. The van der Waals surface area contributed by atoms with Crippen molar-refractivity contribution in [1.82, 2.24) is 10.6 Å². The third-order valence-electron chi connectivity index (χ3n) is 3.52. The van der Waals surface area contributed by atoms with Gasteiger partial charge in [0.15, 0.2) is 13.1 Å². The summed E-state index contributed by atoms with van der Waals surface area (Å²) in [6.45, 7) is 9.03. The van der Waals surface area contributed by atoms with E-state index in [2.05, 4.69) is 10.6 Å². The van der Waals surface area contributed by atoms with E-state index in [9.17, 15) is 9.59 Å². The number of hydrogen-bond acceptors (Lipinski definition) is 2. The zero-order valence-electron chi connectivity index (χ0n) is 14.3. The topological polar surface area (TPSA) is 62.6 Å². The molecule has 1 unspecified atom stereocenters. The molecule has 2 atom stereocenters. The molecule has 0 heterocycles. The normalized spacial score (nSPS) is 13.5. The van der Waals surface area contributed by atoms with E-state index in [1.807, 2.05) is 39.8 Å². The Morgan fingerprint density at radius 2 is 1.57 bits per heavy atom. The molecule has 0 aromatic heterocycles. The molecular weight excluding hydrogens is 314 g/mol. The van der Waals surface area contributed by atoms with Crippen molar-refractivity contribution in [3.8, 4) is 0 Å². The van der Waals surface area contributed by atoms with Crippen LogP contribution >= 0.6 is 11.6 Å². The van der Waals surface area contributed by atoms with Crippen LogP contribution in [0.3, 0.4) is 0 Å². The SMILES string of the molecule is CC[NH+](CC(=O)NC(C)C)CC(=O)N[C@@H](C)c1ccc(Cl)cc1. The van der Waals surface area contributed by atoms with Gasteiger partial charge in [0, 0.05) is 11.1 Å². The molecule has 0 aliphatic heterocycles. The van der Waals surface area contributed by atoms with E-state index in [4.69, 9.17) is 11.6 Å². The van der Waals surface area contributed by atoms with E-state index in [1.54, 1.807) is 12.1 Å². The van der Waals surface area contributed by atoms with Gasteiger partial charge in [-0.2, -0.15) is 0 Å². The fraction of sp³-hybridized carbons (Fsp3) is 0.529. The van der Waals surface area contributed by atoms with E-state index in [0.717, 1.165) is 10.5 Å². The van der Waals surface area contributed by atoms with Crippen LogP contribution in [0.25, 0.3) is 0 Å². The monoisotopic (exact) mass is 340 g/mol. The highest BCUT2D eigenvalue weighted by Gasteiger charge is 2.18. The summed E-state index contributed by atoms with van der Waals surface area (Å²) in [5.74, 6) is -0.1000. The van der Waals surface area contributed by atoms with Crippen LogP contribution in [0, 0.1) is 0 Å². The molecule has 0 aliphatic rings. The van der Waals surface area contributed by atoms with Gasteiger partial charge in [-0.05, 0) is 45.4 Å². The van der Waals surface area contributed by atoms with Crippen LogP contribution in [0.2, 0.25) is 5.02 Å². The van der Waals surface area contributed by atoms with Crippen molar-refractivity contribution in [2.45, 2.75) is 39.8 Å². The van der Waals surface area contributed by atoms with Gasteiger partial charge in [-0.15, -0.1) is 0 Å². The number of carbonyl (C=O) groups is 2. The minimum Gasteiger partial charge on any atom is -0.349 e. The molecule has 0 radical (unpaired) electrons. The van der Waals surface area contributed by atoms with Crippen LogP contribution in [-0.2, 0) is 9.59 Å². The van der Waals surface area contributed by atoms with Gasteiger partial charge in [0.05, 0.1) is 12.6 Å². The lowest BCUT2D eigenvalue weighted by atomic mass is 10.1. The molecule has 2 amide bonds. The molecule has 0 bridgehead atoms. The van der Waals surface area contributed by atoms with Crippen LogP contribution in [0.4, 0.5) is 0 Å². The minimum absolute atomic E-state index is 0.0320. The Balaban J connectivity index is 2.49. The molecule has 6 heteroatoms. The lowest BCUT2D eigenvalue weighted by Crippen LogP contribution is -3.14. The average Bonchev–Trinajstić information content (AvgIpc) is 2.46. The van der Waals surface area contributed by atoms with Gasteiger partial charge in [-0.25, -0.2) is 0 Å². The number of rotatable bonds is 8. The van der Waals surface area contributed by atoms with Crippen LogP contribution in [0.1, 0.15) is 39.3 Å². The zero-order chi connectivity index (χ0) is 17.4. The first-order valence-electron chi connectivity index (χ1n) is 7.99. The molecule has 0 aliphatic carbocycles. The van der Waals surface area contributed by atoms with Gasteiger partial charge in [-0.3, -0.25) is 9.59 Å². The Labute approximate surface area is 143 Å². The van der Waals surface area contributed by atoms with Crippen molar-refractivity contribution in [2.24, 2.45) is 0 Å². The fourth-order valence-corrected chi connectivity index (χ4v) is 2.39. The van der Waals surface area contributed by atoms with Crippen molar-refractivity contribution in [2.75, 3.05) is 19.6 Å². The van der Waals surface area contributed by atoms with Gasteiger partial charge < -0.3 is 15.5 Å².